The van der Waals surface area contributed by atoms with Gasteiger partial charge >= 0.3 is 12.2 Å². The number of nitrogens with zero attached hydrogens (tertiary/aromatic N) is 3. The molecule has 0 aliphatic carbocycles. The Morgan fingerprint density at radius 1 is 0.792 bits per heavy atom. The molecule has 1 fully saturated rings. The van der Waals surface area contributed by atoms with Crippen LogP contribution in [0.2, 0.25) is 0 Å². The van der Waals surface area contributed by atoms with Crippen LogP contribution in [0.4, 0.5) is 9.59 Å². The minimum Gasteiger partial charge on any atom is -0.444 e. The van der Waals surface area contributed by atoms with Crippen molar-refractivity contribution < 1.29 is 23.8 Å². The lowest BCUT2D eigenvalue weighted by Gasteiger charge is -2.27. The zero-order chi connectivity index (χ0) is 37.8. The van der Waals surface area contributed by atoms with Gasteiger partial charge in [-0.3, -0.25) is 4.90 Å². The second kappa shape index (κ2) is 15.7. The number of ether oxygens (including phenoxy) is 3. The topological polar surface area (TPSA) is 134 Å². The van der Waals surface area contributed by atoms with Crippen molar-refractivity contribution in [3.05, 3.63) is 108 Å². The summed E-state index contributed by atoms with van der Waals surface area (Å²) in [6.45, 7) is 14.1. The monoisotopic (exact) mass is 718 g/mol. The Morgan fingerprint density at radius 3 is 1.96 bits per heavy atom. The summed E-state index contributed by atoms with van der Waals surface area (Å²) in [7, 11) is 0. The van der Waals surface area contributed by atoms with Crippen LogP contribution in [-0.2, 0) is 20.8 Å². The van der Waals surface area contributed by atoms with E-state index in [0.717, 1.165) is 57.9 Å². The predicted octanol–water partition coefficient (Wildman–Crippen LogP) is 9.38. The minimum atomic E-state index is -0.649. The third-order valence-electron chi connectivity index (χ3n) is 8.90. The van der Waals surface area contributed by atoms with Crippen LogP contribution in [0.15, 0.2) is 91.3 Å². The van der Waals surface area contributed by atoms with E-state index >= 15 is 0 Å². The molecule has 11 nitrogen and oxygen atoms in total. The van der Waals surface area contributed by atoms with Crippen molar-refractivity contribution in [2.24, 2.45) is 0 Å². The maximum Gasteiger partial charge on any atom is 0.410 e. The third-order valence-corrected chi connectivity index (χ3v) is 8.90. The fourth-order valence-corrected chi connectivity index (χ4v) is 6.31. The van der Waals surface area contributed by atoms with Crippen LogP contribution in [0.1, 0.15) is 90.6 Å². The minimum absolute atomic E-state index is 0.133. The average Bonchev–Trinajstić information content (AvgIpc) is 3.90. The molecule has 278 valence electrons. The number of rotatable bonds is 10. The molecule has 53 heavy (non-hydrogen) atoms. The van der Waals surface area contributed by atoms with Gasteiger partial charge in [0, 0.05) is 6.54 Å². The molecule has 3 atom stereocenters. The Hall–Kier alpha value is -5.42. The number of nitrogens with one attached hydrogen (secondary N) is 3. The van der Waals surface area contributed by atoms with Crippen molar-refractivity contribution in [1.82, 2.24) is 30.2 Å². The molecule has 5 aromatic rings. The fraction of sp³-hybridized carbons (Fsp3) is 0.381. The molecule has 0 unspecified atom stereocenters. The molecule has 0 radical (unpaired) electrons. The predicted molar refractivity (Wildman–Crippen MR) is 205 cm³/mol. The molecule has 3 aromatic carbocycles. The number of carbonyl (C=O) groups is 2. The summed E-state index contributed by atoms with van der Waals surface area (Å²) in [5, 5.41) is 2.96. The number of aromatic amines is 2. The molecule has 2 amide bonds. The lowest BCUT2D eigenvalue weighted by Crippen LogP contribution is -2.40. The first-order chi connectivity index (χ1) is 25.2. The van der Waals surface area contributed by atoms with Gasteiger partial charge in [0.1, 0.15) is 28.9 Å². The molecular formula is C42H50N6O5. The Kier molecular flexibility index (Phi) is 11.0. The molecule has 1 aliphatic rings. The number of amides is 2. The molecule has 2 aromatic heterocycles. The lowest BCUT2D eigenvalue weighted by atomic mass is 10.0. The smallest absolute Gasteiger partial charge is 0.410 e. The summed E-state index contributed by atoms with van der Waals surface area (Å²) in [6.07, 6.45) is 4.08. The quantitative estimate of drug-likeness (QED) is 0.131. The van der Waals surface area contributed by atoms with E-state index in [4.69, 9.17) is 14.2 Å². The van der Waals surface area contributed by atoms with Gasteiger partial charge < -0.3 is 29.5 Å². The van der Waals surface area contributed by atoms with Crippen LogP contribution in [0.5, 0.6) is 0 Å². The van der Waals surface area contributed by atoms with Gasteiger partial charge in [0.05, 0.1) is 42.5 Å². The van der Waals surface area contributed by atoms with Gasteiger partial charge in [-0.15, -0.1) is 0 Å². The van der Waals surface area contributed by atoms with Gasteiger partial charge in [0.25, 0.3) is 0 Å². The number of likely N-dealkylation sites (tertiary alicyclic amines) is 1. The van der Waals surface area contributed by atoms with E-state index in [0.29, 0.717) is 19.0 Å². The molecule has 3 N–H and O–H groups in total. The fourth-order valence-electron chi connectivity index (χ4n) is 6.31. The van der Waals surface area contributed by atoms with E-state index < -0.39 is 29.4 Å². The van der Waals surface area contributed by atoms with Crippen LogP contribution in [0.25, 0.3) is 33.6 Å². The van der Waals surface area contributed by atoms with Crippen molar-refractivity contribution in [3.63, 3.8) is 0 Å². The first kappa shape index (κ1) is 37.3. The van der Waals surface area contributed by atoms with Crippen molar-refractivity contribution in [3.8, 4) is 33.6 Å². The standard InChI is InChI=1S/C42H50N6O5/c1-27(51-26-28-12-9-8-10-13-28)36(47-39(49)52-41(2,3)4)38-44-25-34(46-38)32-21-17-30(18-22-32)29-15-19-31(20-16-29)33-24-43-37(45-33)35-14-11-23-48(35)40(50)53-42(5,6)7/h8-10,12-13,15-22,24-25,27,35-36H,11,14,23,26H2,1-7H3,(H,43,45)(H,44,46)(H,47,49)/t27-,35+,36-/m1/s1. The highest BCUT2D eigenvalue weighted by atomic mass is 16.6. The molecule has 1 saturated heterocycles. The number of benzene rings is 3. The van der Waals surface area contributed by atoms with E-state index in [1.54, 1.807) is 11.1 Å². The third kappa shape index (κ3) is 9.72. The molecule has 0 bridgehead atoms. The van der Waals surface area contributed by atoms with Crippen LogP contribution < -0.4 is 5.32 Å². The summed E-state index contributed by atoms with van der Waals surface area (Å²) < 4.78 is 17.4. The highest BCUT2D eigenvalue weighted by Gasteiger charge is 2.35. The second-order valence-electron chi connectivity index (χ2n) is 15.5. The van der Waals surface area contributed by atoms with Gasteiger partial charge in [-0.25, -0.2) is 19.6 Å². The number of aromatic nitrogens is 4. The zero-order valence-corrected chi connectivity index (χ0v) is 31.6. The van der Waals surface area contributed by atoms with Gasteiger partial charge in [0.2, 0.25) is 0 Å². The van der Waals surface area contributed by atoms with Gasteiger partial charge in [-0.2, -0.15) is 0 Å². The molecule has 1 aliphatic heterocycles. The maximum absolute atomic E-state index is 12.8. The van der Waals surface area contributed by atoms with Crippen molar-refractivity contribution in [2.45, 2.75) is 97.3 Å². The first-order valence-electron chi connectivity index (χ1n) is 18.2. The lowest BCUT2D eigenvalue weighted by molar-refractivity contribution is 0.0126. The normalized spacial score (nSPS) is 15.9. The second-order valence-corrected chi connectivity index (χ2v) is 15.5. The highest BCUT2D eigenvalue weighted by Crippen LogP contribution is 2.34. The Bertz CT molecular complexity index is 1970. The SMILES string of the molecule is C[C@@H](OCc1ccccc1)[C@@H](NC(=O)OC(C)(C)C)c1ncc(-c2ccc(-c3ccc(-c4cnc([C@@H]5CCCN5C(=O)OC(C)(C)C)[nH]4)cc3)cc2)[nH]1. The molecular weight excluding hydrogens is 668 g/mol. The molecule has 0 spiro atoms. The van der Waals surface area contributed by atoms with Crippen molar-refractivity contribution in [1.29, 1.82) is 0 Å². The van der Waals surface area contributed by atoms with Crippen LogP contribution in [-0.4, -0.2) is 60.9 Å². The summed E-state index contributed by atoms with van der Waals surface area (Å²) in [5.74, 6) is 1.34. The number of carbonyl (C=O) groups excluding carboxylic acids is 2. The van der Waals surface area contributed by atoms with Crippen LogP contribution in [0.3, 0.4) is 0 Å². The molecule has 3 heterocycles. The van der Waals surface area contributed by atoms with E-state index in [1.807, 2.05) is 97.1 Å². The molecule has 0 saturated carbocycles. The Morgan fingerprint density at radius 2 is 1.36 bits per heavy atom. The maximum atomic E-state index is 12.8. The number of imidazole rings is 2. The van der Waals surface area contributed by atoms with Gasteiger partial charge in [0.15, 0.2) is 0 Å². The Labute approximate surface area is 311 Å². The Balaban J connectivity index is 1.12. The van der Waals surface area contributed by atoms with E-state index in [1.165, 1.54) is 0 Å². The van der Waals surface area contributed by atoms with Gasteiger partial charge in [-0.05, 0) is 89.1 Å². The number of hydrogen-bond acceptors (Lipinski definition) is 7. The summed E-state index contributed by atoms with van der Waals surface area (Å²) >= 11 is 0. The number of H-pyrrole nitrogens is 2. The van der Waals surface area contributed by atoms with Crippen LogP contribution in [0, 0.1) is 0 Å². The van der Waals surface area contributed by atoms with Gasteiger partial charge in [-0.1, -0.05) is 78.9 Å². The van der Waals surface area contributed by atoms with Crippen molar-refractivity contribution in [2.75, 3.05) is 6.54 Å². The molecule has 6 rings (SSSR count). The highest BCUT2D eigenvalue weighted by molar-refractivity contribution is 5.72. The van der Waals surface area contributed by atoms with Crippen LogP contribution >= 0.6 is 0 Å². The number of alkyl carbamates (subject to hydrolysis) is 1. The zero-order valence-electron chi connectivity index (χ0n) is 31.6. The summed E-state index contributed by atoms with van der Waals surface area (Å²) in [5.41, 5.74) is 5.65. The van der Waals surface area contributed by atoms with E-state index in [9.17, 15) is 9.59 Å². The van der Waals surface area contributed by atoms with E-state index in [2.05, 4.69) is 61.7 Å². The number of hydrogen-bond donors (Lipinski definition) is 3. The average molecular weight is 719 g/mol. The summed E-state index contributed by atoms with van der Waals surface area (Å²) in [4.78, 5) is 43.6. The molecule has 11 heteroatoms. The summed E-state index contributed by atoms with van der Waals surface area (Å²) in [6, 6.07) is 25.8. The van der Waals surface area contributed by atoms with Crippen molar-refractivity contribution >= 4 is 12.2 Å². The first-order valence-corrected chi connectivity index (χ1v) is 18.2. The largest absolute Gasteiger partial charge is 0.444 e. The van der Waals surface area contributed by atoms with E-state index in [-0.39, 0.29) is 12.1 Å².